The van der Waals surface area contributed by atoms with Gasteiger partial charge in [0.1, 0.15) is 5.69 Å². The number of H-pyrrole nitrogens is 1. The Morgan fingerprint density at radius 3 is 2.57 bits per heavy atom. The summed E-state index contributed by atoms with van der Waals surface area (Å²) in [4.78, 5) is 15.5. The second-order valence-corrected chi connectivity index (χ2v) is 6.32. The Morgan fingerprint density at radius 1 is 1.17 bits per heavy atom. The number of nitrogens with zero attached hydrogens (tertiary/aromatic N) is 2. The number of carbonyl (C=O) groups is 1. The molecule has 0 unspecified atom stereocenters. The van der Waals surface area contributed by atoms with Crippen molar-refractivity contribution in [3.63, 3.8) is 0 Å². The maximum Gasteiger partial charge on any atom is 0.267 e. The van der Waals surface area contributed by atoms with Gasteiger partial charge in [-0.15, -0.1) is 0 Å². The number of hydrogen-bond donors (Lipinski definition) is 2. The van der Waals surface area contributed by atoms with Crippen LogP contribution in [0.4, 0.5) is 0 Å². The first-order chi connectivity index (χ1) is 11.1. The minimum atomic E-state index is -0.150. The van der Waals surface area contributed by atoms with Crippen LogP contribution in [0.3, 0.4) is 0 Å². The topological polar surface area (TPSA) is 92.5 Å². The lowest BCUT2D eigenvalue weighted by Crippen LogP contribution is -2.37. The Balaban J connectivity index is 1.84. The molecule has 5 nitrogen and oxygen atoms in total. The highest BCUT2D eigenvalue weighted by Crippen LogP contribution is 2.25. The van der Waals surface area contributed by atoms with Crippen LogP contribution >= 0.6 is 0 Å². The van der Waals surface area contributed by atoms with Crippen LogP contribution in [0.2, 0.25) is 0 Å². The fourth-order valence-corrected chi connectivity index (χ4v) is 3.18. The van der Waals surface area contributed by atoms with Gasteiger partial charge in [0.15, 0.2) is 0 Å². The smallest absolute Gasteiger partial charge is 0.267 e. The third kappa shape index (κ3) is 3.05. The molecule has 1 heterocycles. The van der Waals surface area contributed by atoms with Gasteiger partial charge in [0.2, 0.25) is 0 Å². The molecule has 1 aromatic carbocycles. The maximum atomic E-state index is 12.4. The number of nitrogens with one attached hydrogen (secondary N) is 2. The van der Waals surface area contributed by atoms with Crippen LogP contribution in [0.5, 0.6) is 0 Å². The average Bonchev–Trinajstić information content (AvgIpc) is 3.00. The quantitative estimate of drug-likeness (QED) is 0.892. The van der Waals surface area contributed by atoms with Crippen LogP contribution < -0.4 is 5.32 Å². The van der Waals surface area contributed by atoms with Crippen molar-refractivity contribution >= 4 is 16.8 Å². The summed E-state index contributed by atoms with van der Waals surface area (Å²) in [7, 11) is 0. The van der Waals surface area contributed by atoms with E-state index in [0.29, 0.717) is 27.7 Å². The molecule has 2 N–H and O–H groups in total. The van der Waals surface area contributed by atoms with Crippen molar-refractivity contribution < 1.29 is 4.79 Å². The fourth-order valence-electron chi connectivity index (χ4n) is 3.18. The summed E-state index contributed by atoms with van der Waals surface area (Å²) in [5.41, 5.74) is 1.89. The second kappa shape index (κ2) is 6.14. The lowest BCUT2D eigenvalue weighted by molar-refractivity contribution is 0.0919. The van der Waals surface area contributed by atoms with Gasteiger partial charge in [-0.2, -0.15) is 10.5 Å². The van der Waals surface area contributed by atoms with Crippen molar-refractivity contribution in [1.82, 2.24) is 10.3 Å². The third-order valence-corrected chi connectivity index (χ3v) is 4.58. The van der Waals surface area contributed by atoms with Gasteiger partial charge in [0.05, 0.1) is 23.3 Å². The van der Waals surface area contributed by atoms with E-state index in [0.717, 1.165) is 31.6 Å². The predicted molar refractivity (Wildman–Crippen MR) is 86.6 cm³/mol. The molecule has 0 spiro atoms. The molecule has 0 aliphatic heterocycles. The van der Waals surface area contributed by atoms with Crippen LogP contribution in [0, 0.1) is 28.6 Å². The first-order valence-electron chi connectivity index (χ1n) is 7.88. The molecule has 1 aliphatic carbocycles. The molecule has 2 aromatic rings. The minimum Gasteiger partial charge on any atom is -0.350 e. The first kappa shape index (κ1) is 15.1. The van der Waals surface area contributed by atoms with E-state index in [1.54, 1.807) is 18.2 Å². The lowest BCUT2D eigenvalue weighted by Gasteiger charge is -2.26. The van der Waals surface area contributed by atoms with Crippen LogP contribution in [-0.4, -0.2) is 16.9 Å². The van der Waals surface area contributed by atoms with Crippen molar-refractivity contribution in [3.05, 3.63) is 35.0 Å². The highest BCUT2D eigenvalue weighted by molar-refractivity contribution is 5.99. The summed E-state index contributed by atoms with van der Waals surface area (Å²) in [5.74, 6) is 0.585. The molecule has 116 valence electrons. The normalized spacial score (nSPS) is 20.7. The predicted octanol–water partition coefficient (Wildman–Crippen LogP) is 3.22. The number of rotatable bonds is 2. The van der Waals surface area contributed by atoms with Gasteiger partial charge in [0.25, 0.3) is 5.91 Å². The summed E-state index contributed by atoms with van der Waals surface area (Å²) in [5, 5.41) is 22.0. The van der Waals surface area contributed by atoms with Crippen molar-refractivity contribution in [2.75, 3.05) is 0 Å². The standard InChI is InChI=1S/C18H18N4O/c1-11-2-4-14(5-3-11)21-18(23)17-8-15-13(10-20)6-12(9-19)7-16(15)22-17/h6-8,11,14,22H,2-5H2,1H3,(H,21,23)/t11-,14-. The monoisotopic (exact) mass is 306 g/mol. The number of hydrogen-bond acceptors (Lipinski definition) is 3. The number of aromatic amines is 1. The van der Waals surface area contributed by atoms with E-state index in [2.05, 4.69) is 23.3 Å². The van der Waals surface area contributed by atoms with E-state index in [1.807, 2.05) is 6.07 Å². The van der Waals surface area contributed by atoms with Gasteiger partial charge in [0, 0.05) is 16.9 Å². The van der Waals surface area contributed by atoms with Crippen LogP contribution in [-0.2, 0) is 0 Å². The summed E-state index contributed by atoms with van der Waals surface area (Å²) in [6, 6.07) is 9.22. The number of benzene rings is 1. The number of nitriles is 2. The van der Waals surface area contributed by atoms with Crippen LogP contribution in [0.15, 0.2) is 18.2 Å². The lowest BCUT2D eigenvalue weighted by atomic mass is 9.87. The van der Waals surface area contributed by atoms with E-state index in [-0.39, 0.29) is 11.9 Å². The van der Waals surface area contributed by atoms with E-state index in [9.17, 15) is 10.1 Å². The fraction of sp³-hybridized carbons (Fsp3) is 0.389. The zero-order valence-electron chi connectivity index (χ0n) is 13.0. The molecule has 1 amide bonds. The molecule has 1 fully saturated rings. The largest absolute Gasteiger partial charge is 0.350 e. The number of carbonyl (C=O) groups excluding carboxylic acids is 1. The van der Waals surface area contributed by atoms with Gasteiger partial charge in [-0.25, -0.2) is 0 Å². The van der Waals surface area contributed by atoms with E-state index in [4.69, 9.17) is 5.26 Å². The third-order valence-electron chi connectivity index (χ3n) is 4.58. The molecular weight excluding hydrogens is 288 g/mol. The molecule has 1 aromatic heterocycles. The highest BCUT2D eigenvalue weighted by atomic mass is 16.1. The Kier molecular flexibility index (Phi) is 4.04. The summed E-state index contributed by atoms with van der Waals surface area (Å²) >= 11 is 0. The van der Waals surface area contributed by atoms with Gasteiger partial charge in [-0.05, 0) is 49.8 Å². The van der Waals surface area contributed by atoms with Gasteiger partial charge >= 0.3 is 0 Å². The number of aromatic nitrogens is 1. The maximum absolute atomic E-state index is 12.4. The van der Waals surface area contributed by atoms with Crippen molar-refractivity contribution in [2.24, 2.45) is 5.92 Å². The number of amides is 1. The van der Waals surface area contributed by atoms with Crippen molar-refractivity contribution in [2.45, 2.75) is 38.6 Å². The molecule has 0 saturated heterocycles. The molecule has 23 heavy (non-hydrogen) atoms. The molecule has 1 saturated carbocycles. The average molecular weight is 306 g/mol. The second-order valence-electron chi connectivity index (χ2n) is 6.32. The highest BCUT2D eigenvalue weighted by Gasteiger charge is 2.21. The Bertz CT molecular complexity index is 829. The molecule has 0 atom stereocenters. The van der Waals surface area contributed by atoms with Crippen molar-refractivity contribution in [3.8, 4) is 12.1 Å². The van der Waals surface area contributed by atoms with Gasteiger partial charge in [-0.1, -0.05) is 6.92 Å². The SMILES string of the molecule is C[C@H]1CC[C@H](NC(=O)c2cc3c(C#N)cc(C#N)cc3[nH]2)CC1. The van der Waals surface area contributed by atoms with Crippen LogP contribution in [0.1, 0.15) is 54.2 Å². The Hall–Kier alpha value is -2.79. The molecule has 0 radical (unpaired) electrons. The molecule has 3 rings (SSSR count). The molecule has 1 aliphatic rings. The summed E-state index contributed by atoms with van der Waals surface area (Å²) in [6.07, 6.45) is 4.30. The van der Waals surface area contributed by atoms with Crippen molar-refractivity contribution in [1.29, 1.82) is 10.5 Å². The van der Waals surface area contributed by atoms with E-state index in [1.165, 1.54) is 0 Å². The Morgan fingerprint density at radius 2 is 1.91 bits per heavy atom. The van der Waals surface area contributed by atoms with Crippen LogP contribution in [0.25, 0.3) is 10.9 Å². The van der Waals surface area contributed by atoms with Gasteiger partial charge < -0.3 is 10.3 Å². The molecule has 5 heteroatoms. The van der Waals surface area contributed by atoms with E-state index < -0.39 is 0 Å². The summed E-state index contributed by atoms with van der Waals surface area (Å²) in [6.45, 7) is 2.24. The minimum absolute atomic E-state index is 0.150. The van der Waals surface area contributed by atoms with Gasteiger partial charge in [-0.3, -0.25) is 4.79 Å². The zero-order valence-corrected chi connectivity index (χ0v) is 13.0. The molecule has 0 bridgehead atoms. The number of fused-ring (bicyclic) bond motifs is 1. The Labute approximate surface area is 134 Å². The first-order valence-corrected chi connectivity index (χ1v) is 7.88. The molecular formula is C18H18N4O. The summed E-state index contributed by atoms with van der Waals surface area (Å²) < 4.78 is 0. The zero-order chi connectivity index (χ0) is 16.4. The van der Waals surface area contributed by atoms with E-state index >= 15 is 0 Å².